The zero-order chi connectivity index (χ0) is 14.0. The van der Waals surface area contributed by atoms with E-state index in [0.29, 0.717) is 36.0 Å². The van der Waals surface area contributed by atoms with Gasteiger partial charge in [0.1, 0.15) is 5.56 Å². The Balaban J connectivity index is 2.61. The van der Waals surface area contributed by atoms with E-state index in [1.807, 2.05) is 0 Å². The number of amides is 1. The number of anilines is 1. The van der Waals surface area contributed by atoms with Crippen LogP contribution < -0.4 is 9.64 Å². The minimum absolute atomic E-state index is 0.121. The highest BCUT2D eigenvalue weighted by Crippen LogP contribution is 2.37. The second kappa shape index (κ2) is 5.48. The van der Waals surface area contributed by atoms with E-state index in [1.165, 1.54) is 20.1 Å². The second-order valence-electron chi connectivity index (χ2n) is 4.17. The molecule has 0 atom stereocenters. The van der Waals surface area contributed by atoms with Crippen LogP contribution in [0.2, 0.25) is 5.02 Å². The van der Waals surface area contributed by atoms with Gasteiger partial charge in [-0.05, 0) is 18.6 Å². The molecular weight excluding hydrogens is 270 g/mol. The van der Waals surface area contributed by atoms with Gasteiger partial charge in [-0.3, -0.25) is 4.79 Å². The largest absolute Gasteiger partial charge is 0.490 e. The normalized spacial score (nSPS) is 14.2. The van der Waals surface area contributed by atoms with E-state index in [1.54, 1.807) is 11.0 Å². The van der Waals surface area contributed by atoms with Crippen LogP contribution in [0.15, 0.2) is 12.1 Å². The first-order valence-electron chi connectivity index (χ1n) is 5.87. The molecular formula is C13H14ClNO4. The molecule has 1 aliphatic heterocycles. The predicted octanol–water partition coefficient (Wildman–Crippen LogP) is 2.26. The first-order chi connectivity index (χ1) is 9.04. The summed E-state index contributed by atoms with van der Waals surface area (Å²) in [5.74, 6) is -0.307. The number of hydrogen-bond donors (Lipinski definition) is 0. The zero-order valence-electron chi connectivity index (χ0n) is 10.7. The first-order valence-corrected chi connectivity index (χ1v) is 6.25. The molecule has 0 bridgehead atoms. The Hall–Kier alpha value is -1.75. The Bertz CT molecular complexity index is 530. The molecule has 0 unspecified atom stereocenters. The van der Waals surface area contributed by atoms with E-state index in [0.717, 1.165) is 0 Å². The SMILES string of the molecule is COC(=O)c1cc(Cl)cc2c1OCCCN2C(C)=O. The molecule has 0 spiro atoms. The van der Waals surface area contributed by atoms with Crippen molar-refractivity contribution in [3.05, 3.63) is 22.7 Å². The van der Waals surface area contributed by atoms with Gasteiger partial charge in [-0.25, -0.2) is 4.79 Å². The summed E-state index contributed by atoms with van der Waals surface area (Å²) in [6.45, 7) is 2.43. The number of benzene rings is 1. The monoisotopic (exact) mass is 283 g/mol. The average Bonchev–Trinajstić information content (AvgIpc) is 2.59. The molecule has 0 saturated carbocycles. The maximum absolute atomic E-state index is 11.8. The Labute approximate surface area is 116 Å². The van der Waals surface area contributed by atoms with Gasteiger partial charge in [0, 0.05) is 18.5 Å². The van der Waals surface area contributed by atoms with Crippen LogP contribution in [0.5, 0.6) is 5.75 Å². The highest BCUT2D eigenvalue weighted by molar-refractivity contribution is 6.31. The van der Waals surface area contributed by atoms with Gasteiger partial charge in [0.2, 0.25) is 5.91 Å². The van der Waals surface area contributed by atoms with E-state index in [9.17, 15) is 9.59 Å². The van der Waals surface area contributed by atoms with Crippen LogP contribution >= 0.6 is 11.6 Å². The summed E-state index contributed by atoms with van der Waals surface area (Å²) in [6.07, 6.45) is 0.687. The summed E-state index contributed by atoms with van der Waals surface area (Å²) in [6, 6.07) is 3.10. The van der Waals surface area contributed by atoms with Crippen LogP contribution in [0.1, 0.15) is 23.7 Å². The van der Waals surface area contributed by atoms with Crippen LogP contribution in [-0.4, -0.2) is 32.1 Å². The molecule has 0 fully saturated rings. The lowest BCUT2D eigenvalue weighted by atomic mass is 10.1. The predicted molar refractivity (Wildman–Crippen MR) is 70.9 cm³/mol. The smallest absolute Gasteiger partial charge is 0.341 e. The fourth-order valence-electron chi connectivity index (χ4n) is 2.04. The Kier molecular flexibility index (Phi) is 3.95. The number of rotatable bonds is 1. The molecule has 19 heavy (non-hydrogen) atoms. The number of carbonyl (C=O) groups is 2. The van der Waals surface area contributed by atoms with Gasteiger partial charge in [0.25, 0.3) is 0 Å². The van der Waals surface area contributed by atoms with Gasteiger partial charge in [-0.1, -0.05) is 11.6 Å². The molecule has 0 radical (unpaired) electrons. The van der Waals surface area contributed by atoms with Gasteiger partial charge in [-0.2, -0.15) is 0 Å². The molecule has 0 N–H and O–H groups in total. The van der Waals surface area contributed by atoms with Crippen LogP contribution in [-0.2, 0) is 9.53 Å². The third-order valence-electron chi connectivity index (χ3n) is 2.88. The highest BCUT2D eigenvalue weighted by Gasteiger charge is 2.26. The summed E-state index contributed by atoms with van der Waals surface area (Å²) in [5, 5.41) is 0.357. The topological polar surface area (TPSA) is 55.8 Å². The van der Waals surface area contributed by atoms with Crippen molar-refractivity contribution in [3.8, 4) is 5.75 Å². The van der Waals surface area contributed by atoms with Crippen molar-refractivity contribution in [1.82, 2.24) is 0 Å². The number of hydrogen-bond acceptors (Lipinski definition) is 4. The molecule has 1 amide bonds. The molecule has 0 aromatic heterocycles. The number of fused-ring (bicyclic) bond motifs is 1. The van der Waals surface area contributed by atoms with Gasteiger partial charge in [0.15, 0.2) is 5.75 Å². The quantitative estimate of drug-likeness (QED) is 0.742. The van der Waals surface area contributed by atoms with Crippen molar-refractivity contribution in [1.29, 1.82) is 0 Å². The van der Waals surface area contributed by atoms with Crippen LogP contribution in [0.25, 0.3) is 0 Å². The lowest BCUT2D eigenvalue weighted by molar-refractivity contribution is -0.116. The van der Waals surface area contributed by atoms with Crippen molar-refractivity contribution < 1.29 is 19.1 Å². The van der Waals surface area contributed by atoms with Crippen LogP contribution in [0, 0.1) is 0 Å². The summed E-state index contributed by atoms with van der Waals surface area (Å²) in [4.78, 5) is 25.0. The molecule has 1 aromatic rings. The third-order valence-corrected chi connectivity index (χ3v) is 3.10. The Morgan fingerprint density at radius 2 is 2.16 bits per heavy atom. The summed E-state index contributed by atoms with van der Waals surface area (Å²) in [5.41, 5.74) is 0.746. The molecule has 6 heteroatoms. The molecule has 2 rings (SSSR count). The van der Waals surface area contributed by atoms with Crippen molar-refractivity contribution in [2.75, 3.05) is 25.2 Å². The Morgan fingerprint density at radius 3 is 2.79 bits per heavy atom. The van der Waals surface area contributed by atoms with Crippen molar-refractivity contribution >= 4 is 29.2 Å². The summed E-state index contributed by atoms with van der Waals surface area (Å²) < 4.78 is 10.3. The fraction of sp³-hybridized carbons (Fsp3) is 0.385. The number of ether oxygens (including phenoxy) is 2. The van der Waals surface area contributed by atoms with Gasteiger partial charge < -0.3 is 14.4 Å². The summed E-state index contributed by atoms with van der Waals surface area (Å²) >= 11 is 6.00. The maximum Gasteiger partial charge on any atom is 0.341 e. The van der Waals surface area contributed by atoms with Crippen molar-refractivity contribution in [2.24, 2.45) is 0 Å². The molecule has 0 aliphatic carbocycles. The van der Waals surface area contributed by atoms with Crippen LogP contribution in [0.4, 0.5) is 5.69 Å². The fourth-order valence-corrected chi connectivity index (χ4v) is 2.25. The second-order valence-corrected chi connectivity index (χ2v) is 4.60. The number of methoxy groups -OCH3 is 1. The van der Waals surface area contributed by atoms with Crippen molar-refractivity contribution in [2.45, 2.75) is 13.3 Å². The highest BCUT2D eigenvalue weighted by atomic mass is 35.5. The maximum atomic E-state index is 11.8. The van der Waals surface area contributed by atoms with Gasteiger partial charge in [0.05, 0.1) is 19.4 Å². The minimum Gasteiger partial charge on any atom is -0.490 e. The first kappa shape index (κ1) is 13.7. The number of carbonyl (C=O) groups excluding carboxylic acids is 2. The number of esters is 1. The van der Waals surface area contributed by atoms with Crippen LogP contribution in [0.3, 0.4) is 0 Å². The van der Waals surface area contributed by atoms with E-state index >= 15 is 0 Å². The average molecular weight is 284 g/mol. The van der Waals surface area contributed by atoms with E-state index in [2.05, 4.69) is 0 Å². The number of halogens is 1. The lowest BCUT2D eigenvalue weighted by Gasteiger charge is -2.21. The van der Waals surface area contributed by atoms with E-state index in [4.69, 9.17) is 21.1 Å². The Morgan fingerprint density at radius 1 is 1.42 bits per heavy atom. The molecule has 1 heterocycles. The van der Waals surface area contributed by atoms with Crippen molar-refractivity contribution in [3.63, 3.8) is 0 Å². The summed E-state index contributed by atoms with van der Waals surface area (Å²) in [7, 11) is 1.29. The zero-order valence-corrected chi connectivity index (χ0v) is 11.5. The molecule has 1 aromatic carbocycles. The minimum atomic E-state index is -0.538. The van der Waals surface area contributed by atoms with E-state index < -0.39 is 5.97 Å². The molecule has 102 valence electrons. The molecule has 5 nitrogen and oxygen atoms in total. The molecule has 0 saturated heterocycles. The standard InChI is InChI=1S/C13H14ClNO4/c1-8(16)15-4-3-5-19-12-10(13(17)18-2)6-9(14)7-11(12)15/h6-7H,3-5H2,1-2H3. The third kappa shape index (κ3) is 2.66. The molecule has 1 aliphatic rings. The van der Waals surface area contributed by atoms with Gasteiger partial charge in [-0.15, -0.1) is 0 Å². The van der Waals surface area contributed by atoms with E-state index in [-0.39, 0.29) is 11.5 Å². The number of nitrogens with zero attached hydrogens (tertiary/aromatic N) is 1. The van der Waals surface area contributed by atoms with Gasteiger partial charge >= 0.3 is 5.97 Å². The lowest BCUT2D eigenvalue weighted by Crippen LogP contribution is -2.29.